The van der Waals surface area contributed by atoms with Crippen LogP contribution in [0.4, 0.5) is 5.95 Å². The van der Waals surface area contributed by atoms with Crippen molar-refractivity contribution in [3.8, 4) is 5.88 Å². The molecule has 0 amide bonds. The molecule has 1 unspecified atom stereocenters. The van der Waals surface area contributed by atoms with Crippen molar-refractivity contribution in [3.05, 3.63) is 47.7 Å². The van der Waals surface area contributed by atoms with E-state index in [9.17, 15) is 9.90 Å². The first-order valence-electron chi connectivity index (χ1n) is 6.42. The van der Waals surface area contributed by atoms with E-state index in [4.69, 9.17) is 4.74 Å². The van der Waals surface area contributed by atoms with Crippen molar-refractivity contribution in [2.24, 2.45) is 0 Å². The molecule has 0 aliphatic heterocycles. The van der Waals surface area contributed by atoms with Crippen molar-refractivity contribution in [2.75, 3.05) is 12.4 Å². The third kappa shape index (κ3) is 3.10. The van der Waals surface area contributed by atoms with Gasteiger partial charge >= 0.3 is 5.97 Å². The first kappa shape index (κ1) is 14.8. The van der Waals surface area contributed by atoms with Crippen LogP contribution < -0.4 is 10.1 Å². The van der Waals surface area contributed by atoms with E-state index in [2.05, 4.69) is 15.3 Å². The van der Waals surface area contributed by atoms with Crippen LogP contribution in [0.5, 0.6) is 5.88 Å². The highest BCUT2D eigenvalue weighted by Gasteiger charge is 2.36. The first-order valence-corrected chi connectivity index (χ1v) is 6.42. The molecular formula is C15H17N3O3. The molecule has 21 heavy (non-hydrogen) atoms. The van der Waals surface area contributed by atoms with Gasteiger partial charge in [-0.15, -0.1) is 0 Å². The highest BCUT2D eigenvalue weighted by atomic mass is 16.5. The zero-order valence-electron chi connectivity index (χ0n) is 12.1. The van der Waals surface area contributed by atoms with Crippen LogP contribution in [-0.4, -0.2) is 28.2 Å². The third-order valence-electron chi connectivity index (χ3n) is 3.18. The maximum atomic E-state index is 11.7. The van der Waals surface area contributed by atoms with Gasteiger partial charge in [0.1, 0.15) is 0 Å². The lowest BCUT2D eigenvalue weighted by molar-refractivity contribution is -0.142. The highest BCUT2D eigenvalue weighted by Crippen LogP contribution is 2.26. The van der Waals surface area contributed by atoms with E-state index in [1.54, 1.807) is 44.2 Å². The van der Waals surface area contributed by atoms with Crippen LogP contribution in [0.1, 0.15) is 18.2 Å². The Labute approximate surface area is 122 Å². The number of rotatable bonds is 5. The van der Waals surface area contributed by atoms with Crippen molar-refractivity contribution in [1.82, 2.24) is 9.97 Å². The van der Waals surface area contributed by atoms with Gasteiger partial charge in [0.15, 0.2) is 5.54 Å². The Morgan fingerprint density at radius 2 is 1.95 bits per heavy atom. The summed E-state index contributed by atoms with van der Waals surface area (Å²) in [6.07, 6.45) is 0. The summed E-state index contributed by atoms with van der Waals surface area (Å²) in [5.41, 5.74) is -0.0354. The summed E-state index contributed by atoms with van der Waals surface area (Å²) in [6.45, 7) is 3.36. The van der Waals surface area contributed by atoms with Gasteiger partial charge in [-0.2, -0.15) is 4.98 Å². The molecule has 6 nitrogen and oxygen atoms in total. The quantitative estimate of drug-likeness (QED) is 0.877. The molecule has 2 N–H and O–H groups in total. The second kappa shape index (κ2) is 5.78. The summed E-state index contributed by atoms with van der Waals surface area (Å²) < 4.78 is 5.08. The van der Waals surface area contributed by atoms with Crippen LogP contribution in [-0.2, 0) is 10.3 Å². The van der Waals surface area contributed by atoms with E-state index in [0.717, 1.165) is 0 Å². The molecule has 0 spiro atoms. The number of anilines is 1. The summed E-state index contributed by atoms with van der Waals surface area (Å²) >= 11 is 0. The Bertz CT molecular complexity index is 646. The number of benzene rings is 1. The Kier molecular flexibility index (Phi) is 4.07. The Hall–Kier alpha value is -2.63. The molecule has 0 saturated carbocycles. The molecule has 2 aromatic rings. The molecule has 1 heterocycles. The first-order chi connectivity index (χ1) is 9.95. The molecule has 1 atom stereocenters. The van der Waals surface area contributed by atoms with Gasteiger partial charge in [0, 0.05) is 11.8 Å². The molecule has 1 aromatic heterocycles. The third-order valence-corrected chi connectivity index (χ3v) is 3.18. The molecule has 0 radical (unpaired) electrons. The van der Waals surface area contributed by atoms with Crippen molar-refractivity contribution in [2.45, 2.75) is 19.4 Å². The number of carboxylic acid groups (broad SMARTS) is 1. The van der Waals surface area contributed by atoms with Gasteiger partial charge in [0.05, 0.1) is 7.11 Å². The summed E-state index contributed by atoms with van der Waals surface area (Å²) in [4.78, 5) is 20.1. The van der Waals surface area contributed by atoms with Crippen LogP contribution in [0.2, 0.25) is 0 Å². The molecule has 1 aromatic carbocycles. The molecule has 110 valence electrons. The minimum absolute atomic E-state index is 0.209. The van der Waals surface area contributed by atoms with Gasteiger partial charge in [-0.1, -0.05) is 30.3 Å². The second-order valence-corrected chi connectivity index (χ2v) is 4.80. The molecular weight excluding hydrogens is 270 g/mol. The smallest absolute Gasteiger partial charge is 0.333 e. The molecule has 0 fully saturated rings. The number of nitrogens with one attached hydrogen (secondary N) is 1. The number of methoxy groups -OCH3 is 1. The van der Waals surface area contributed by atoms with Crippen LogP contribution in [0.25, 0.3) is 0 Å². The second-order valence-electron chi connectivity index (χ2n) is 4.80. The zero-order chi connectivity index (χ0) is 15.5. The SMILES string of the molecule is COc1cc(C)nc(NC(C)(C(=O)O)c2ccccc2)n1. The number of nitrogens with zero attached hydrogens (tertiary/aromatic N) is 2. The zero-order valence-corrected chi connectivity index (χ0v) is 12.1. The number of carbonyl (C=O) groups is 1. The number of carboxylic acids is 1. The van der Waals surface area contributed by atoms with Crippen LogP contribution >= 0.6 is 0 Å². The molecule has 2 rings (SSSR count). The summed E-state index contributed by atoms with van der Waals surface area (Å²) in [5.74, 6) is -0.427. The largest absolute Gasteiger partial charge is 0.481 e. The van der Waals surface area contributed by atoms with Gasteiger partial charge in [-0.3, -0.25) is 0 Å². The summed E-state index contributed by atoms with van der Waals surface area (Å²) in [6, 6.07) is 10.6. The Balaban J connectivity index is 2.42. The predicted molar refractivity (Wildman–Crippen MR) is 78.4 cm³/mol. The topological polar surface area (TPSA) is 84.3 Å². The van der Waals surface area contributed by atoms with Gasteiger partial charge in [0.25, 0.3) is 0 Å². The number of aliphatic carboxylic acids is 1. The molecule has 0 aliphatic carbocycles. The lowest BCUT2D eigenvalue weighted by Gasteiger charge is -2.27. The average molecular weight is 287 g/mol. The lowest BCUT2D eigenvalue weighted by Crippen LogP contribution is -2.41. The molecule has 0 aliphatic rings. The summed E-state index contributed by atoms with van der Waals surface area (Å²) in [5, 5.41) is 12.5. The standard InChI is InChI=1S/C15H17N3O3/c1-10-9-12(21-3)17-14(16-10)18-15(2,13(19)20)11-7-5-4-6-8-11/h4-9H,1-3H3,(H,19,20)(H,16,17,18). The predicted octanol–water partition coefficient (Wildman–Crippen LogP) is 2.21. The van der Waals surface area contributed by atoms with Crippen molar-refractivity contribution >= 4 is 11.9 Å². The van der Waals surface area contributed by atoms with E-state index >= 15 is 0 Å². The number of hydrogen-bond donors (Lipinski definition) is 2. The normalized spacial score (nSPS) is 13.3. The van der Waals surface area contributed by atoms with Crippen molar-refractivity contribution < 1.29 is 14.6 Å². The van der Waals surface area contributed by atoms with E-state index < -0.39 is 11.5 Å². The number of aromatic nitrogens is 2. The van der Waals surface area contributed by atoms with Crippen molar-refractivity contribution in [3.63, 3.8) is 0 Å². The maximum Gasteiger partial charge on any atom is 0.333 e. The van der Waals surface area contributed by atoms with Crippen LogP contribution in [0, 0.1) is 6.92 Å². The number of hydrogen-bond acceptors (Lipinski definition) is 5. The lowest BCUT2D eigenvalue weighted by atomic mass is 9.92. The van der Waals surface area contributed by atoms with E-state index in [-0.39, 0.29) is 5.95 Å². The van der Waals surface area contributed by atoms with Crippen molar-refractivity contribution in [1.29, 1.82) is 0 Å². The molecule has 6 heteroatoms. The Morgan fingerprint density at radius 1 is 1.29 bits per heavy atom. The van der Waals surface area contributed by atoms with Gasteiger partial charge in [-0.05, 0) is 19.4 Å². The minimum Gasteiger partial charge on any atom is -0.481 e. The highest BCUT2D eigenvalue weighted by molar-refractivity contribution is 5.83. The molecule has 0 bridgehead atoms. The van der Waals surface area contributed by atoms with E-state index in [1.807, 2.05) is 6.07 Å². The average Bonchev–Trinajstić information content (AvgIpc) is 2.47. The van der Waals surface area contributed by atoms with Gasteiger partial charge in [0.2, 0.25) is 11.8 Å². The monoisotopic (exact) mass is 287 g/mol. The maximum absolute atomic E-state index is 11.7. The van der Waals surface area contributed by atoms with Gasteiger partial charge < -0.3 is 15.2 Å². The van der Waals surface area contributed by atoms with E-state index in [0.29, 0.717) is 17.1 Å². The van der Waals surface area contributed by atoms with E-state index in [1.165, 1.54) is 7.11 Å². The molecule has 0 saturated heterocycles. The number of aryl methyl sites for hydroxylation is 1. The fraction of sp³-hybridized carbons (Fsp3) is 0.267. The summed E-state index contributed by atoms with van der Waals surface area (Å²) in [7, 11) is 1.50. The fourth-order valence-corrected chi connectivity index (χ4v) is 1.94. The number of ether oxygens (including phenoxy) is 1. The Morgan fingerprint density at radius 3 is 2.52 bits per heavy atom. The fourth-order valence-electron chi connectivity index (χ4n) is 1.94. The van der Waals surface area contributed by atoms with Crippen LogP contribution in [0.3, 0.4) is 0 Å². The van der Waals surface area contributed by atoms with Gasteiger partial charge in [-0.25, -0.2) is 9.78 Å². The minimum atomic E-state index is -1.33. The van der Waals surface area contributed by atoms with Crippen LogP contribution in [0.15, 0.2) is 36.4 Å².